The molecule has 0 bridgehead atoms. The maximum absolute atomic E-state index is 10.4. The van der Waals surface area contributed by atoms with E-state index in [9.17, 15) is 5.11 Å². The highest BCUT2D eigenvalue weighted by atomic mass is 16.3. The summed E-state index contributed by atoms with van der Waals surface area (Å²) in [4.78, 5) is 0. The summed E-state index contributed by atoms with van der Waals surface area (Å²) in [7, 11) is 0. The van der Waals surface area contributed by atoms with Gasteiger partial charge in [0, 0.05) is 0 Å². The van der Waals surface area contributed by atoms with E-state index in [4.69, 9.17) is 0 Å². The quantitative estimate of drug-likeness (QED) is 0.866. The van der Waals surface area contributed by atoms with Gasteiger partial charge in [-0.3, -0.25) is 0 Å². The molecule has 2 atom stereocenters. The van der Waals surface area contributed by atoms with Crippen molar-refractivity contribution in [2.45, 2.75) is 37.7 Å². The van der Waals surface area contributed by atoms with Crippen LogP contribution in [0.2, 0.25) is 0 Å². The van der Waals surface area contributed by atoms with Crippen LogP contribution in [0.15, 0.2) is 54.6 Å². The zero-order valence-corrected chi connectivity index (χ0v) is 11.1. The van der Waals surface area contributed by atoms with Crippen molar-refractivity contribution in [2.24, 2.45) is 0 Å². The number of aliphatic hydroxyl groups is 1. The lowest BCUT2D eigenvalue weighted by Gasteiger charge is -2.27. The van der Waals surface area contributed by atoms with Gasteiger partial charge in [-0.25, -0.2) is 0 Å². The Kier molecular flexibility index (Phi) is 3.65. The van der Waals surface area contributed by atoms with Crippen LogP contribution in [-0.2, 0) is 6.42 Å². The zero-order valence-electron chi connectivity index (χ0n) is 11.1. The highest BCUT2D eigenvalue weighted by Gasteiger charge is 2.22. The van der Waals surface area contributed by atoms with Gasteiger partial charge in [0.05, 0.1) is 6.10 Å². The van der Waals surface area contributed by atoms with E-state index in [1.807, 2.05) is 30.3 Å². The van der Waals surface area contributed by atoms with Crippen LogP contribution < -0.4 is 0 Å². The van der Waals surface area contributed by atoms with Crippen molar-refractivity contribution in [3.63, 3.8) is 0 Å². The van der Waals surface area contributed by atoms with E-state index < -0.39 is 0 Å². The van der Waals surface area contributed by atoms with Crippen LogP contribution in [0.5, 0.6) is 0 Å². The molecule has 0 amide bonds. The summed E-state index contributed by atoms with van der Waals surface area (Å²) >= 11 is 0. The molecule has 0 aromatic heterocycles. The molecular weight excluding hydrogens is 232 g/mol. The number of hydrogen-bond donors (Lipinski definition) is 1. The fourth-order valence-electron chi connectivity index (χ4n) is 3.18. The summed E-state index contributed by atoms with van der Waals surface area (Å²) in [6.07, 6.45) is 4.11. The van der Waals surface area contributed by atoms with Gasteiger partial charge in [-0.15, -0.1) is 0 Å². The van der Waals surface area contributed by atoms with E-state index in [1.54, 1.807) is 0 Å². The Morgan fingerprint density at radius 3 is 2.58 bits per heavy atom. The fraction of sp³-hybridized carbons (Fsp3) is 0.333. The first kappa shape index (κ1) is 12.4. The van der Waals surface area contributed by atoms with Crippen molar-refractivity contribution in [3.8, 4) is 0 Å². The van der Waals surface area contributed by atoms with Crippen LogP contribution in [0.25, 0.3) is 0 Å². The first-order chi connectivity index (χ1) is 9.34. The van der Waals surface area contributed by atoms with Gasteiger partial charge in [-0.05, 0) is 48.3 Å². The molecule has 0 fully saturated rings. The molecule has 19 heavy (non-hydrogen) atoms. The third kappa shape index (κ3) is 2.71. The van der Waals surface area contributed by atoms with Gasteiger partial charge in [0.25, 0.3) is 0 Å². The van der Waals surface area contributed by atoms with Gasteiger partial charge in [-0.1, -0.05) is 54.6 Å². The van der Waals surface area contributed by atoms with Crippen molar-refractivity contribution >= 4 is 0 Å². The van der Waals surface area contributed by atoms with E-state index >= 15 is 0 Å². The molecule has 1 aliphatic carbocycles. The number of fused-ring (bicyclic) bond motifs is 1. The Morgan fingerprint density at radius 1 is 1.00 bits per heavy atom. The summed E-state index contributed by atoms with van der Waals surface area (Å²) in [5.41, 5.74) is 3.95. The van der Waals surface area contributed by atoms with Crippen LogP contribution >= 0.6 is 0 Å². The molecule has 0 saturated carbocycles. The molecule has 2 aromatic carbocycles. The molecule has 2 unspecified atom stereocenters. The van der Waals surface area contributed by atoms with Crippen molar-refractivity contribution in [1.29, 1.82) is 0 Å². The summed E-state index contributed by atoms with van der Waals surface area (Å²) in [5, 5.41) is 10.4. The first-order valence-corrected chi connectivity index (χ1v) is 7.15. The average Bonchev–Trinajstić information content (AvgIpc) is 2.48. The Labute approximate surface area is 114 Å². The third-order valence-corrected chi connectivity index (χ3v) is 4.19. The molecule has 1 heteroatoms. The summed E-state index contributed by atoms with van der Waals surface area (Å²) in [5.74, 6) is 0.500. The van der Waals surface area contributed by atoms with Crippen LogP contribution in [-0.4, -0.2) is 5.11 Å². The lowest BCUT2D eigenvalue weighted by molar-refractivity contribution is 0.154. The number of hydrogen-bond acceptors (Lipinski definition) is 1. The second kappa shape index (κ2) is 5.58. The maximum atomic E-state index is 10.4. The molecule has 0 heterocycles. The highest BCUT2D eigenvalue weighted by Crippen LogP contribution is 2.37. The maximum Gasteiger partial charge on any atom is 0.0795 e. The summed E-state index contributed by atoms with van der Waals surface area (Å²) in [6, 6.07) is 18.7. The molecule has 3 rings (SSSR count). The summed E-state index contributed by atoms with van der Waals surface area (Å²) in [6.45, 7) is 0. The van der Waals surface area contributed by atoms with E-state index in [0.717, 1.165) is 12.0 Å². The molecule has 0 radical (unpaired) electrons. The Hall–Kier alpha value is -1.60. The largest absolute Gasteiger partial charge is 0.388 e. The van der Waals surface area contributed by atoms with Gasteiger partial charge in [-0.2, -0.15) is 0 Å². The minimum atomic E-state index is -0.350. The molecular formula is C18H20O. The Balaban J connectivity index is 1.78. The van der Waals surface area contributed by atoms with Gasteiger partial charge in [0.15, 0.2) is 0 Å². The Morgan fingerprint density at radius 2 is 1.74 bits per heavy atom. The lowest BCUT2D eigenvalue weighted by atomic mass is 9.79. The van der Waals surface area contributed by atoms with Gasteiger partial charge in [0.2, 0.25) is 0 Å². The van der Waals surface area contributed by atoms with Crippen molar-refractivity contribution in [3.05, 3.63) is 71.3 Å². The van der Waals surface area contributed by atoms with E-state index in [1.165, 1.54) is 30.4 Å². The van der Waals surface area contributed by atoms with E-state index in [-0.39, 0.29) is 6.10 Å². The average molecular weight is 252 g/mol. The normalized spacial score (nSPS) is 19.7. The molecule has 1 aliphatic rings. The van der Waals surface area contributed by atoms with Gasteiger partial charge >= 0.3 is 0 Å². The van der Waals surface area contributed by atoms with Crippen molar-refractivity contribution in [2.75, 3.05) is 0 Å². The molecule has 98 valence electrons. The fourth-order valence-corrected chi connectivity index (χ4v) is 3.18. The highest BCUT2D eigenvalue weighted by molar-refractivity contribution is 5.33. The number of aliphatic hydroxyl groups excluding tert-OH is 1. The lowest BCUT2D eigenvalue weighted by Crippen LogP contribution is -2.13. The van der Waals surface area contributed by atoms with Crippen molar-refractivity contribution in [1.82, 2.24) is 0 Å². The number of aryl methyl sites for hydroxylation is 1. The zero-order chi connectivity index (χ0) is 13.1. The van der Waals surface area contributed by atoms with Crippen molar-refractivity contribution < 1.29 is 5.11 Å². The molecule has 0 aliphatic heterocycles. The van der Waals surface area contributed by atoms with Crippen LogP contribution in [0, 0.1) is 0 Å². The summed E-state index contributed by atoms with van der Waals surface area (Å²) < 4.78 is 0. The van der Waals surface area contributed by atoms with E-state index in [0.29, 0.717) is 5.92 Å². The van der Waals surface area contributed by atoms with Gasteiger partial charge < -0.3 is 5.11 Å². The molecule has 2 aromatic rings. The number of rotatable bonds is 3. The topological polar surface area (TPSA) is 20.2 Å². The van der Waals surface area contributed by atoms with Crippen LogP contribution in [0.4, 0.5) is 0 Å². The second-order valence-corrected chi connectivity index (χ2v) is 5.45. The Bertz CT molecular complexity index is 532. The second-order valence-electron chi connectivity index (χ2n) is 5.45. The predicted octanol–water partition coefficient (Wildman–Crippen LogP) is 4.23. The molecule has 0 saturated heterocycles. The first-order valence-electron chi connectivity index (χ1n) is 7.15. The molecule has 1 N–H and O–H groups in total. The van der Waals surface area contributed by atoms with Crippen LogP contribution in [0.3, 0.4) is 0 Å². The number of benzene rings is 2. The van der Waals surface area contributed by atoms with E-state index in [2.05, 4.69) is 24.3 Å². The predicted molar refractivity (Wildman–Crippen MR) is 78.1 cm³/mol. The van der Waals surface area contributed by atoms with Gasteiger partial charge in [0.1, 0.15) is 0 Å². The van der Waals surface area contributed by atoms with Crippen LogP contribution in [0.1, 0.15) is 48.0 Å². The minimum absolute atomic E-state index is 0.350. The molecule has 1 nitrogen and oxygen atoms in total. The molecule has 0 spiro atoms. The minimum Gasteiger partial charge on any atom is -0.388 e. The monoisotopic (exact) mass is 252 g/mol. The SMILES string of the molecule is OC(CC1CCCc2ccccc21)c1ccccc1. The standard InChI is InChI=1S/C18H20O/c19-18(15-8-2-1-3-9-15)13-16-11-6-10-14-7-4-5-12-17(14)16/h1-5,7-9,12,16,18-19H,6,10-11,13H2. The smallest absolute Gasteiger partial charge is 0.0795 e. The third-order valence-electron chi connectivity index (χ3n) is 4.19.